The first-order valence-electron chi connectivity index (χ1n) is 6.62. The Labute approximate surface area is 116 Å². The van der Waals surface area contributed by atoms with Crippen molar-refractivity contribution in [2.45, 2.75) is 6.61 Å². The molecule has 0 radical (unpaired) electrons. The van der Waals surface area contributed by atoms with E-state index in [2.05, 4.69) is 18.2 Å². The van der Waals surface area contributed by atoms with Crippen LogP contribution in [-0.4, -0.2) is 5.97 Å². The van der Waals surface area contributed by atoms with Gasteiger partial charge in [0.2, 0.25) is 0 Å². The first-order chi connectivity index (χ1) is 9.84. The number of esters is 1. The average molecular weight is 260 g/mol. The standard InChI is InChI=1S/C18H12O2/c19-18-17-14(11-20-18)10-13-8-4-5-9-15(13)16(17)12-6-2-1-3-7-12/h1-10H,11H2. The van der Waals surface area contributed by atoms with Gasteiger partial charge in [-0.05, 0) is 22.4 Å². The van der Waals surface area contributed by atoms with Crippen molar-refractivity contribution in [3.63, 3.8) is 0 Å². The maximum atomic E-state index is 12.1. The number of rotatable bonds is 1. The number of benzene rings is 3. The van der Waals surface area contributed by atoms with Crippen molar-refractivity contribution in [2.24, 2.45) is 0 Å². The summed E-state index contributed by atoms with van der Waals surface area (Å²) in [6.07, 6.45) is 0. The molecular weight excluding hydrogens is 248 g/mol. The molecule has 0 N–H and O–H groups in total. The van der Waals surface area contributed by atoms with Gasteiger partial charge in [0.15, 0.2) is 0 Å². The van der Waals surface area contributed by atoms with Gasteiger partial charge in [-0.25, -0.2) is 4.79 Å². The highest BCUT2D eigenvalue weighted by Crippen LogP contribution is 2.37. The fourth-order valence-electron chi connectivity index (χ4n) is 2.87. The van der Waals surface area contributed by atoms with Crippen molar-refractivity contribution < 1.29 is 9.53 Å². The van der Waals surface area contributed by atoms with Gasteiger partial charge in [-0.2, -0.15) is 0 Å². The zero-order valence-electron chi connectivity index (χ0n) is 10.8. The van der Waals surface area contributed by atoms with Gasteiger partial charge in [0.05, 0.1) is 5.56 Å². The summed E-state index contributed by atoms with van der Waals surface area (Å²) in [7, 11) is 0. The lowest BCUT2D eigenvalue weighted by molar-refractivity contribution is 0.0535. The van der Waals surface area contributed by atoms with Gasteiger partial charge < -0.3 is 4.74 Å². The second kappa shape index (κ2) is 4.20. The molecule has 20 heavy (non-hydrogen) atoms. The van der Waals surface area contributed by atoms with E-state index in [1.54, 1.807) is 0 Å². The van der Waals surface area contributed by atoms with E-state index in [1.807, 2.05) is 42.5 Å². The Morgan fingerprint density at radius 3 is 2.45 bits per heavy atom. The number of ether oxygens (including phenoxy) is 1. The molecule has 1 aliphatic rings. The smallest absolute Gasteiger partial charge is 0.339 e. The molecule has 0 aromatic heterocycles. The largest absolute Gasteiger partial charge is 0.457 e. The van der Waals surface area contributed by atoms with Crippen molar-refractivity contribution in [2.75, 3.05) is 0 Å². The Balaban J connectivity index is 2.17. The van der Waals surface area contributed by atoms with E-state index in [-0.39, 0.29) is 5.97 Å². The van der Waals surface area contributed by atoms with Gasteiger partial charge in [0.25, 0.3) is 0 Å². The highest BCUT2D eigenvalue weighted by molar-refractivity contribution is 6.10. The Morgan fingerprint density at radius 1 is 0.850 bits per heavy atom. The molecule has 0 unspecified atom stereocenters. The molecule has 0 aliphatic carbocycles. The summed E-state index contributed by atoms with van der Waals surface area (Å²) >= 11 is 0. The van der Waals surface area contributed by atoms with Crippen LogP contribution in [-0.2, 0) is 11.3 Å². The molecule has 1 heterocycles. The highest BCUT2D eigenvalue weighted by Gasteiger charge is 2.27. The zero-order valence-corrected chi connectivity index (χ0v) is 10.8. The number of carbonyl (C=O) groups is 1. The second-order valence-corrected chi connectivity index (χ2v) is 4.95. The molecule has 0 fully saturated rings. The lowest BCUT2D eigenvalue weighted by Crippen LogP contribution is -1.98. The molecule has 4 rings (SSSR count). The second-order valence-electron chi connectivity index (χ2n) is 4.95. The van der Waals surface area contributed by atoms with E-state index in [9.17, 15) is 4.79 Å². The molecule has 3 aromatic carbocycles. The minimum Gasteiger partial charge on any atom is -0.457 e. The Morgan fingerprint density at radius 2 is 1.60 bits per heavy atom. The van der Waals surface area contributed by atoms with Gasteiger partial charge in [-0.3, -0.25) is 0 Å². The van der Waals surface area contributed by atoms with E-state index < -0.39 is 0 Å². The number of carbonyl (C=O) groups excluding carboxylic acids is 1. The average Bonchev–Trinajstić information content (AvgIpc) is 2.87. The van der Waals surface area contributed by atoms with Crippen LogP contribution < -0.4 is 0 Å². The fraction of sp³-hybridized carbons (Fsp3) is 0.0556. The number of hydrogen-bond acceptors (Lipinski definition) is 2. The van der Waals surface area contributed by atoms with E-state index in [4.69, 9.17) is 4.74 Å². The highest BCUT2D eigenvalue weighted by atomic mass is 16.5. The molecular formula is C18H12O2. The minimum absolute atomic E-state index is 0.218. The van der Waals surface area contributed by atoms with Crippen LogP contribution in [0.1, 0.15) is 15.9 Å². The van der Waals surface area contributed by atoms with Crippen molar-refractivity contribution >= 4 is 16.7 Å². The molecule has 3 aromatic rings. The van der Waals surface area contributed by atoms with E-state index in [0.29, 0.717) is 6.61 Å². The van der Waals surface area contributed by atoms with Crippen molar-refractivity contribution in [3.8, 4) is 11.1 Å². The van der Waals surface area contributed by atoms with E-state index >= 15 is 0 Å². The van der Waals surface area contributed by atoms with Crippen molar-refractivity contribution in [1.82, 2.24) is 0 Å². The fourth-order valence-corrected chi connectivity index (χ4v) is 2.87. The summed E-state index contributed by atoms with van der Waals surface area (Å²) in [4.78, 5) is 12.1. The SMILES string of the molecule is O=C1OCc2cc3ccccc3c(-c3ccccc3)c21. The molecule has 0 saturated carbocycles. The molecule has 0 spiro atoms. The maximum Gasteiger partial charge on any atom is 0.339 e. The Hall–Kier alpha value is -2.61. The molecule has 0 atom stereocenters. The van der Waals surface area contributed by atoms with Gasteiger partial charge in [0, 0.05) is 11.1 Å². The third kappa shape index (κ3) is 1.55. The summed E-state index contributed by atoms with van der Waals surface area (Å²) in [5, 5.41) is 2.24. The molecule has 2 nitrogen and oxygen atoms in total. The van der Waals surface area contributed by atoms with Crippen LogP contribution in [0.15, 0.2) is 60.7 Å². The summed E-state index contributed by atoms with van der Waals surface area (Å²) < 4.78 is 5.22. The number of hydrogen-bond donors (Lipinski definition) is 0. The maximum absolute atomic E-state index is 12.1. The van der Waals surface area contributed by atoms with Crippen LogP contribution in [0.4, 0.5) is 0 Å². The van der Waals surface area contributed by atoms with Crippen LogP contribution in [0.25, 0.3) is 21.9 Å². The molecule has 96 valence electrons. The van der Waals surface area contributed by atoms with Gasteiger partial charge in [0.1, 0.15) is 6.61 Å². The van der Waals surface area contributed by atoms with Crippen LogP contribution >= 0.6 is 0 Å². The number of fused-ring (bicyclic) bond motifs is 2. The predicted octanol–water partition coefficient (Wildman–Crippen LogP) is 4.18. The third-order valence-electron chi connectivity index (χ3n) is 3.76. The first-order valence-corrected chi connectivity index (χ1v) is 6.62. The first kappa shape index (κ1) is 11.2. The minimum atomic E-state index is -0.218. The Kier molecular flexibility index (Phi) is 2.36. The summed E-state index contributed by atoms with van der Waals surface area (Å²) in [5.41, 5.74) is 3.74. The molecule has 0 saturated heterocycles. The van der Waals surface area contributed by atoms with Crippen LogP contribution in [0.3, 0.4) is 0 Å². The van der Waals surface area contributed by atoms with Crippen molar-refractivity contribution in [1.29, 1.82) is 0 Å². The van der Waals surface area contributed by atoms with Crippen LogP contribution in [0, 0.1) is 0 Å². The lowest BCUT2D eigenvalue weighted by atomic mass is 9.91. The van der Waals surface area contributed by atoms with Gasteiger partial charge >= 0.3 is 5.97 Å². The monoisotopic (exact) mass is 260 g/mol. The van der Waals surface area contributed by atoms with E-state index in [0.717, 1.165) is 33.0 Å². The molecule has 2 heteroatoms. The van der Waals surface area contributed by atoms with Gasteiger partial charge in [-0.1, -0.05) is 54.6 Å². The predicted molar refractivity (Wildman–Crippen MR) is 78.5 cm³/mol. The molecule has 0 bridgehead atoms. The third-order valence-corrected chi connectivity index (χ3v) is 3.76. The van der Waals surface area contributed by atoms with Crippen LogP contribution in [0.5, 0.6) is 0 Å². The lowest BCUT2D eigenvalue weighted by Gasteiger charge is -2.11. The molecule has 0 amide bonds. The summed E-state index contributed by atoms with van der Waals surface area (Å²) in [5.74, 6) is -0.218. The zero-order chi connectivity index (χ0) is 13.5. The van der Waals surface area contributed by atoms with Gasteiger partial charge in [-0.15, -0.1) is 0 Å². The number of cyclic esters (lactones) is 1. The Bertz CT molecular complexity index is 819. The summed E-state index contributed by atoms with van der Waals surface area (Å²) in [6.45, 7) is 0.374. The van der Waals surface area contributed by atoms with Crippen LogP contribution in [0.2, 0.25) is 0 Å². The molecule has 1 aliphatic heterocycles. The normalized spacial score (nSPS) is 13.3. The summed E-state index contributed by atoms with van der Waals surface area (Å²) in [6, 6.07) is 20.2. The quantitative estimate of drug-likeness (QED) is 0.614. The van der Waals surface area contributed by atoms with Crippen molar-refractivity contribution in [3.05, 3.63) is 71.8 Å². The van der Waals surface area contributed by atoms with E-state index in [1.165, 1.54) is 0 Å². The topological polar surface area (TPSA) is 26.3 Å².